The number of rotatable bonds is 5. The Hall–Kier alpha value is -1.09. The van der Waals surface area contributed by atoms with Gasteiger partial charge in [0.25, 0.3) is 0 Å². The first kappa shape index (κ1) is 17.0. The van der Waals surface area contributed by atoms with Crippen LogP contribution in [0.25, 0.3) is 0 Å². The third-order valence-corrected chi connectivity index (χ3v) is 6.11. The first-order valence-corrected chi connectivity index (χ1v) is 8.67. The average molecular weight is 294 g/mol. The van der Waals surface area contributed by atoms with Gasteiger partial charge >= 0.3 is 0 Å². The van der Waals surface area contributed by atoms with Crippen LogP contribution in [0.3, 0.4) is 0 Å². The number of hydrogen-bond acceptors (Lipinski definition) is 2. The molecule has 2 nitrogen and oxygen atoms in total. The minimum Gasteiger partial charge on any atom is -0.223 e. The molecule has 0 saturated carbocycles. The molecule has 0 spiro atoms. The van der Waals surface area contributed by atoms with E-state index in [1.807, 2.05) is 19.1 Å². The van der Waals surface area contributed by atoms with E-state index in [1.54, 1.807) is 19.1 Å². The zero-order valence-corrected chi connectivity index (χ0v) is 14.0. The van der Waals surface area contributed by atoms with Crippen molar-refractivity contribution in [2.45, 2.75) is 63.0 Å². The molecule has 20 heavy (non-hydrogen) atoms. The maximum absolute atomic E-state index is 12.6. The quantitative estimate of drug-likeness (QED) is 0.759. The second kappa shape index (κ2) is 6.13. The molecule has 0 aliphatic carbocycles. The van der Waals surface area contributed by atoms with Gasteiger partial charge in [-0.2, -0.15) is 0 Å². The monoisotopic (exact) mass is 294 g/mol. The van der Waals surface area contributed by atoms with Gasteiger partial charge in [0.1, 0.15) is 0 Å². The Bertz CT molecular complexity index is 577. The molecule has 1 unspecified atom stereocenters. The van der Waals surface area contributed by atoms with Gasteiger partial charge in [0.05, 0.1) is 10.1 Å². The summed E-state index contributed by atoms with van der Waals surface area (Å²) in [4.78, 5) is 0.458. The van der Waals surface area contributed by atoms with Gasteiger partial charge in [-0.25, -0.2) is 8.42 Å². The van der Waals surface area contributed by atoms with Crippen LogP contribution >= 0.6 is 0 Å². The minimum absolute atomic E-state index is 0.00852. The van der Waals surface area contributed by atoms with E-state index in [1.165, 1.54) is 0 Å². The fourth-order valence-electron chi connectivity index (χ4n) is 2.07. The van der Waals surface area contributed by atoms with Crippen molar-refractivity contribution in [3.8, 4) is 0 Å². The van der Waals surface area contributed by atoms with E-state index in [2.05, 4.69) is 27.4 Å². The SMILES string of the molecule is C=CCc1cc(C(C)(C)C)ccc1S(=O)(=O)C(C)CC. The van der Waals surface area contributed by atoms with Crippen LogP contribution in [-0.4, -0.2) is 13.7 Å². The lowest BCUT2D eigenvalue weighted by Gasteiger charge is -2.22. The van der Waals surface area contributed by atoms with Crippen LogP contribution in [0.4, 0.5) is 0 Å². The summed E-state index contributed by atoms with van der Waals surface area (Å²) in [6, 6.07) is 5.71. The molecule has 0 fully saturated rings. The van der Waals surface area contributed by atoms with Crippen molar-refractivity contribution in [2.24, 2.45) is 0 Å². The molecule has 3 heteroatoms. The van der Waals surface area contributed by atoms with E-state index >= 15 is 0 Å². The molecule has 0 N–H and O–H groups in total. The molecule has 0 bridgehead atoms. The standard InChI is InChI=1S/C17H26O2S/c1-7-9-14-12-15(17(4,5)6)10-11-16(14)20(18,19)13(3)8-2/h7,10-13H,1,8-9H2,2-6H3. The Labute approximate surface area is 123 Å². The zero-order valence-electron chi connectivity index (χ0n) is 13.2. The Kier molecular flexibility index (Phi) is 5.20. The molecule has 0 radical (unpaired) electrons. The summed E-state index contributed by atoms with van der Waals surface area (Å²) < 4.78 is 25.2. The highest BCUT2D eigenvalue weighted by molar-refractivity contribution is 7.92. The lowest BCUT2D eigenvalue weighted by molar-refractivity contribution is 0.576. The second-order valence-corrected chi connectivity index (χ2v) is 8.66. The van der Waals surface area contributed by atoms with Crippen LogP contribution in [0, 0.1) is 0 Å². The van der Waals surface area contributed by atoms with Gasteiger partial charge in [-0.05, 0) is 42.4 Å². The van der Waals surface area contributed by atoms with E-state index in [-0.39, 0.29) is 10.7 Å². The molecule has 0 saturated heterocycles. The van der Waals surface area contributed by atoms with Gasteiger partial charge in [0, 0.05) is 0 Å². The van der Waals surface area contributed by atoms with Crippen molar-refractivity contribution >= 4 is 9.84 Å². The molecule has 0 aliphatic heterocycles. The Morgan fingerprint density at radius 1 is 1.30 bits per heavy atom. The van der Waals surface area contributed by atoms with Gasteiger partial charge < -0.3 is 0 Å². The summed E-state index contributed by atoms with van der Waals surface area (Å²) in [6.45, 7) is 13.8. The zero-order chi connectivity index (χ0) is 15.6. The molecule has 1 aromatic carbocycles. The highest BCUT2D eigenvalue weighted by Gasteiger charge is 2.25. The lowest BCUT2D eigenvalue weighted by Crippen LogP contribution is -2.19. The van der Waals surface area contributed by atoms with Crippen LogP contribution in [0.2, 0.25) is 0 Å². The van der Waals surface area contributed by atoms with Gasteiger partial charge in [-0.15, -0.1) is 6.58 Å². The fraction of sp³-hybridized carbons (Fsp3) is 0.529. The smallest absolute Gasteiger partial charge is 0.181 e. The van der Waals surface area contributed by atoms with Crippen molar-refractivity contribution in [3.63, 3.8) is 0 Å². The van der Waals surface area contributed by atoms with Crippen LogP contribution in [0.15, 0.2) is 35.7 Å². The molecule has 112 valence electrons. The van der Waals surface area contributed by atoms with Gasteiger partial charge in [0.15, 0.2) is 9.84 Å². The van der Waals surface area contributed by atoms with Crippen LogP contribution in [-0.2, 0) is 21.7 Å². The maximum atomic E-state index is 12.6. The number of allylic oxidation sites excluding steroid dienone is 1. The molecule has 0 aliphatic rings. The Morgan fingerprint density at radius 2 is 1.90 bits per heavy atom. The molecule has 0 amide bonds. The van der Waals surface area contributed by atoms with Gasteiger partial charge in [-0.1, -0.05) is 45.9 Å². The number of benzene rings is 1. The van der Waals surface area contributed by atoms with Gasteiger partial charge in [0.2, 0.25) is 0 Å². The molecule has 1 atom stereocenters. The maximum Gasteiger partial charge on any atom is 0.181 e. The highest BCUT2D eigenvalue weighted by Crippen LogP contribution is 2.29. The van der Waals surface area contributed by atoms with E-state index < -0.39 is 9.84 Å². The summed E-state index contributed by atoms with van der Waals surface area (Å²) in [5, 5.41) is -0.355. The van der Waals surface area contributed by atoms with Crippen molar-refractivity contribution < 1.29 is 8.42 Å². The first-order chi connectivity index (χ1) is 9.14. The third kappa shape index (κ3) is 3.51. The van der Waals surface area contributed by atoms with E-state index in [0.29, 0.717) is 17.7 Å². The summed E-state index contributed by atoms with van der Waals surface area (Å²) in [5.41, 5.74) is 2.01. The molecular formula is C17H26O2S. The molecular weight excluding hydrogens is 268 g/mol. The predicted octanol–water partition coefficient (Wildman–Crippen LogP) is 4.28. The van der Waals surface area contributed by atoms with Crippen molar-refractivity contribution in [2.75, 3.05) is 0 Å². The van der Waals surface area contributed by atoms with Gasteiger partial charge in [-0.3, -0.25) is 0 Å². The van der Waals surface area contributed by atoms with Crippen LogP contribution in [0.5, 0.6) is 0 Å². The van der Waals surface area contributed by atoms with Crippen LogP contribution in [0.1, 0.15) is 52.2 Å². The van der Waals surface area contributed by atoms with Crippen molar-refractivity contribution in [1.82, 2.24) is 0 Å². The summed E-state index contributed by atoms with van der Waals surface area (Å²) in [7, 11) is -3.25. The molecule has 0 heterocycles. The summed E-state index contributed by atoms with van der Waals surface area (Å²) in [5.74, 6) is 0. The number of hydrogen-bond donors (Lipinski definition) is 0. The van der Waals surface area contributed by atoms with Crippen LogP contribution < -0.4 is 0 Å². The van der Waals surface area contributed by atoms with E-state index in [4.69, 9.17) is 0 Å². The fourth-order valence-corrected chi connectivity index (χ4v) is 3.71. The Morgan fingerprint density at radius 3 is 2.35 bits per heavy atom. The molecule has 1 aromatic rings. The minimum atomic E-state index is -3.25. The van der Waals surface area contributed by atoms with Crippen molar-refractivity contribution in [3.05, 3.63) is 42.0 Å². The largest absolute Gasteiger partial charge is 0.223 e. The first-order valence-electron chi connectivity index (χ1n) is 7.12. The predicted molar refractivity (Wildman–Crippen MR) is 86.0 cm³/mol. The van der Waals surface area contributed by atoms with E-state index in [0.717, 1.165) is 11.1 Å². The lowest BCUT2D eigenvalue weighted by atomic mass is 9.86. The topological polar surface area (TPSA) is 34.1 Å². The normalized spacial score (nSPS) is 14.1. The number of sulfone groups is 1. The van der Waals surface area contributed by atoms with E-state index in [9.17, 15) is 8.42 Å². The average Bonchev–Trinajstić information content (AvgIpc) is 2.36. The summed E-state index contributed by atoms with van der Waals surface area (Å²) >= 11 is 0. The molecule has 1 rings (SSSR count). The molecule has 0 aromatic heterocycles. The highest BCUT2D eigenvalue weighted by atomic mass is 32.2. The second-order valence-electron chi connectivity index (χ2n) is 6.33. The third-order valence-electron chi connectivity index (χ3n) is 3.70. The van der Waals surface area contributed by atoms with Crippen molar-refractivity contribution in [1.29, 1.82) is 0 Å². The Balaban J connectivity index is 3.45. The summed E-state index contributed by atoms with van der Waals surface area (Å²) in [6.07, 6.45) is 2.96.